The second-order valence-corrected chi connectivity index (χ2v) is 6.96. The molecule has 0 bridgehead atoms. The van der Waals surface area contributed by atoms with Crippen molar-refractivity contribution < 1.29 is 8.42 Å². The average Bonchev–Trinajstić information content (AvgIpc) is 2.27. The van der Waals surface area contributed by atoms with Gasteiger partial charge in [-0.25, -0.2) is 13.1 Å². The minimum atomic E-state index is -3.58. The molecular formula is C11H20N4O2S. The van der Waals surface area contributed by atoms with E-state index >= 15 is 0 Å². The lowest BCUT2D eigenvalue weighted by atomic mass is 9.93. The van der Waals surface area contributed by atoms with Crippen molar-refractivity contribution in [3.8, 4) is 0 Å². The fourth-order valence-electron chi connectivity index (χ4n) is 1.35. The molecule has 4 N–H and O–H groups in total. The molecule has 0 saturated carbocycles. The Hall–Kier alpha value is -1.18. The lowest BCUT2D eigenvalue weighted by molar-refractivity contribution is 0.378. The van der Waals surface area contributed by atoms with Crippen molar-refractivity contribution in [1.82, 2.24) is 9.71 Å². The van der Waals surface area contributed by atoms with E-state index < -0.39 is 10.0 Å². The maximum absolute atomic E-state index is 12.1. The first-order valence-corrected chi connectivity index (χ1v) is 7.15. The van der Waals surface area contributed by atoms with Crippen LogP contribution < -0.4 is 16.0 Å². The standard InChI is InChI=1S/C11H20N4O2S/c1-11(2,3)5-7-14-18(16,17)10-8-13-6-4-9(10)15-12/h4,6,8,14H,5,7,12H2,1-3H3,(H,13,15). The highest BCUT2D eigenvalue weighted by Gasteiger charge is 2.19. The zero-order valence-corrected chi connectivity index (χ0v) is 11.7. The van der Waals surface area contributed by atoms with Gasteiger partial charge in [0.25, 0.3) is 0 Å². The van der Waals surface area contributed by atoms with E-state index in [1.807, 2.05) is 0 Å². The van der Waals surface area contributed by atoms with E-state index in [2.05, 4.69) is 35.9 Å². The highest BCUT2D eigenvalue weighted by atomic mass is 32.2. The van der Waals surface area contributed by atoms with E-state index in [4.69, 9.17) is 5.84 Å². The highest BCUT2D eigenvalue weighted by molar-refractivity contribution is 7.89. The first kappa shape index (κ1) is 14.9. The summed E-state index contributed by atoms with van der Waals surface area (Å²) in [5.74, 6) is 5.28. The molecular weight excluding hydrogens is 252 g/mol. The predicted octanol–water partition coefficient (Wildman–Crippen LogP) is 1.08. The molecule has 0 spiro atoms. The third kappa shape index (κ3) is 4.25. The van der Waals surface area contributed by atoms with Gasteiger partial charge in [0.15, 0.2) is 0 Å². The van der Waals surface area contributed by atoms with Crippen LogP contribution in [0.4, 0.5) is 5.69 Å². The third-order valence-corrected chi connectivity index (χ3v) is 3.89. The summed E-state index contributed by atoms with van der Waals surface area (Å²) in [4.78, 5) is 3.86. The predicted molar refractivity (Wildman–Crippen MR) is 71.3 cm³/mol. The van der Waals surface area contributed by atoms with Gasteiger partial charge in [0, 0.05) is 18.9 Å². The zero-order chi connectivity index (χ0) is 13.8. The van der Waals surface area contributed by atoms with Crippen LogP contribution in [0.5, 0.6) is 0 Å². The summed E-state index contributed by atoms with van der Waals surface area (Å²) in [7, 11) is -3.58. The lowest BCUT2D eigenvalue weighted by Crippen LogP contribution is -2.28. The quantitative estimate of drug-likeness (QED) is 0.550. The summed E-state index contributed by atoms with van der Waals surface area (Å²) in [5, 5.41) is 0. The van der Waals surface area contributed by atoms with E-state index in [-0.39, 0.29) is 10.3 Å². The first-order chi connectivity index (χ1) is 8.26. The number of pyridine rings is 1. The largest absolute Gasteiger partial charge is 0.323 e. The number of nitrogens with one attached hydrogen (secondary N) is 2. The molecule has 1 aromatic rings. The topological polar surface area (TPSA) is 97.1 Å². The normalized spacial score (nSPS) is 12.4. The van der Waals surface area contributed by atoms with E-state index in [0.29, 0.717) is 12.2 Å². The van der Waals surface area contributed by atoms with Crippen LogP contribution >= 0.6 is 0 Å². The van der Waals surface area contributed by atoms with Crippen molar-refractivity contribution in [2.75, 3.05) is 12.0 Å². The van der Waals surface area contributed by atoms with Gasteiger partial charge < -0.3 is 5.43 Å². The Labute approximate surface area is 108 Å². The number of nitrogens with zero attached hydrogens (tertiary/aromatic N) is 1. The molecule has 0 aromatic carbocycles. The number of nitrogens with two attached hydrogens (primary N) is 1. The molecule has 0 atom stereocenters. The number of hydrogen-bond acceptors (Lipinski definition) is 5. The van der Waals surface area contributed by atoms with E-state index in [1.165, 1.54) is 18.5 Å². The van der Waals surface area contributed by atoms with Crippen molar-refractivity contribution in [2.45, 2.75) is 32.1 Å². The molecule has 0 unspecified atom stereocenters. The molecule has 0 fully saturated rings. The third-order valence-electron chi connectivity index (χ3n) is 2.40. The number of hydrazine groups is 1. The number of sulfonamides is 1. The maximum atomic E-state index is 12.1. The van der Waals surface area contributed by atoms with Gasteiger partial charge in [-0.15, -0.1) is 0 Å². The minimum Gasteiger partial charge on any atom is -0.323 e. The summed E-state index contributed by atoms with van der Waals surface area (Å²) < 4.78 is 26.6. The van der Waals surface area contributed by atoms with Crippen molar-refractivity contribution in [1.29, 1.82) is 0 Å². The SMILES string of the molecule is CC(C)(C)CCNS(=O)(=O)c1cnccc1NN. The van der Waals surface area contributed by atoms with Crippen molar-refractivity contribution in [3.05, 3.63) is 18.5 Å². The first-order valence-electron chi connectivity index (χ1n) is 5.66. The van der Waals surface area contributed by atoms with Gasteiger partial charge in [0.2, 0.25) is 10.0 Å². The summed E-state index contributed by atoms with van der Waals surface area (Å²) >= 11 is 0. The van der Waals surface area contributed by atoms with Gasteiger partial charge in [-0.3, -0.25) is 10.8 Å². The number of aromatic nitrogens is 1. The van der Waals surface area contributed by atoms with Crippen LogP contribution in [0, 0.1) is 5.41 Å². The Morgan fingerprint density at radius 2 is 2.06 bits per heavy atom. The Bertz CT molecular complexity index is 494. The monoisotopic (exact) mass is 272 g/mol. The molecule has 7 heteroatoms. The molecule has 102 valence electrons. The van der Waals surface area contributed by atoms with Gasteiger partial charge in [0.05, 0.1) is 5.69 Å². The molecule has 0 aliphatic rings. The van der Waals surface area contributed by atoms with Crippen molar-refractivity contribution >= 4 is 15.7 Å². The molecule has 1 aromatic heterocycles. The fraction of sp³-hybridized carbons (Fsp3) is 0.545. The number of hydrogen-bond donors (Lipinski definition) is 3. The summed E-state index contributed by atoms with van der Waals surface area (Å²) in [6, 6.07) is 1.51. The highest BCUT2D eigenvalue weighted by Crippen LogP contribution is 2.20. The minimum absolute atomic E-state index is 0.0569. The van der Waals surface area contributed by atoms with Crippen molar-refractivity contribution in [2.24, 2.45) is 11.3 Å². The van der Waals surface area contributed by atoms with Gasteiger partial charge >= 0.3 is 0 Å². The Morgan fingerprint density at radius 3 is 2.61 bits per heavy atom. The molecule has 6 nitrogen and oxygen atoms in total. The van der Waals surface area contributed by atoms with Crippen LogP contribution in [-0.2, 0) is 10.0 Å². The molecule has 0 amide bonds. The van der Waals surface area contributed by atoms with E-state index in [0.717, 1.165) is 6.42 Å². The van der Waals surface area contributed by atoms with Crippen LogP contribution in [0.3, 0.4) is 0 Å². The van der Waals surface area contributed by atoms with Gasteiger partial charge in [-0.05, 0) is 17.9 Å². The second-order valence-electron chi connectivity index (χ2n) is 5.22. The van der Waals surface area contributed by atoms with Gasteiger partial charge in [-0.2, -0.15) is 0 Å². The molecule has 18 heavy (non-hydrogen) atoms. The molecule has 0 aliphatic heterocycles. The summed E-state index contributed by atoms with van der Waals surface area (Å²) in [6.07, 6.45) is 3.50. The average molecular weight is 272 g/mol. The van der Waals surface area contributed by atoms with Crippen molar-refractivity contribution in [3.63, 3.8) is 0 Å². The fourth-order valence-corrected chi connectivity index (χ4v) is 2.49. The van der Waals surface area contributed by atoms with Crippen LogP contribution in [-0.4, -0.2) is 19.9 Å². The molecule has 0 saturated heterocycles. The van der Waals surface area contributed by atoms with E-state index in [9.17, 15) is 8.42 Å². The van der Waals surface area contributed by atoms with Crippen LogP contribution in [0.2, 0.25) is 0 Å². The molecule has 0 radical (unpaired) electrons. The van der Waals surface area contributed by atoms with Gasteiger partial charge in [-0.1, -0.05) is 20.8 Å². The van der Waals surface area contributed by atoms with E-state index in [1.54, 1.807) is 0 Å². The maximum Gasteiger partial charge on any atom is 0.244 e. The Kier molecular flexibility index (Phi) is 4.66. The van der Waals surface area contributed by atoms with Crippen LogP contribution in [0.25, 0.3) is 0 Å². The molecule has 0 aliphatic carbocycles. The number of anilines is 1. The second kappa shape index (κ2) is 5.64. The molecule has 1 rings (SSSR count). The summed E-state index contributed by atoms with van der Waals surface area (Å²) in [6.45, 7) is 6.54. The molecule has 1 heterocycles. The Morgan fingerprint density at radius 1 is 1.39 bits per heavy atom. The zero-order valence-electron chi connectivity index (χ0n) is 10.9. The summed E-state index contributed by atoms with van der Waals surface area (Å²) in [5.41, 5.74) is 2.75. The van der Waals surface area contributed by atoms with Crippen LogP contribution in [0.15, 0.2) is 23.4 Å². The number of rotatable bonds is 5. The van der Waals surface area contributed by atoms with Gasteiger partial charge in [0.1, 0.15) is 4.90 Å². The van der Waals surface area contributed by atoms with Crippen LogP contribution in [0.1, 0.15) is 27.2 Å². The Balaban J connectivity index is 2.81. The lowest BCUT2D eigenvalue weighted by Gasteiger charge is -2.18. The number of nitrogen functional groups attached to an aromatic ring is 1. The smallest absolute Gasteiger partial charge is 0.244 e.